The van der Waals surface area contributed by atoms with E-state index < -0.39 is 61.5 Å². The van der Waals surface area contributed by atoms with E-state index in [0.717, 1.165) is 27.7 Å². The molecule has 0 amide bonds. The molecular weight excluding hydrogens is 352 g/mol. The molecule has 0 saturated carbocycles. The van der Waals surface area contributed by atoms with Crippen molar-refractivity contribution >= 4 is 23.9 Å². The fourth-order valence-corrected chi connectivity index (χ4v) is 2.04. The van der Waals surface area contributed by atoms with Crippen LogP contribution in [0.4, 0.5) is 0 Å². The lowest BCUT2D eigenvalue weighted by Crippen LogP contribution is -2.52. The smallest absolute Gasteiger partial charge is 0.303 e. The van der Waals surface area contributed by atoms with Crippen molar-refractivity contribution in [1.82, 2.24) is 0 Å². The van der Waals surface area contributed by atoms with Crippen LogP contribution in [0, 0.1) is 0 Å². The number of carbonyl (C=O) groups is 4. The molecule has 0 radical (unpaired) electrons. The average molecular weight is 379 g/mol. The molecule has 0 bridgehead atoms. The van der Waals surface area contributed by atoms with Crippen LogP contribution in [0.1, 0.15) is 29.1 Å². The summed E-state index contributed by atoms with van der Waals surface area (Å²) in [6.45, 7) is 2.54. The summed E-state index contributed by atoms with van der Waals surface area (Å²) < 4.78 is 38.4. The van der Waals surface area contributed by atoms with Crippen LogP contribution in [-0.4, -0.2) is 75.7 Å². The highest BCUT2D eigenvalue weighted by molar-refractivity contribution is 5.68. The summed E-state index contributed by atoms with van der Waals surface area (Å²) in [5.41, 5.74) is 0. The Morgan fingerprint density at radius 3 is 1.65 bits per heavy atom. The highest BCUT2D eigenvalue weighted by atomic mass is 16.6. The Balaban J connectivity index is 5.80. The van der Waals surface area contributed by atoms with Crippen molar-refractivity contribution in [3.05, 3.63) is 0 Å². The van der Waals surface area contributed by atoms with Crippen molar-refractivity contribution in [2.75, 3.05) is 27.4 Å². The fourth-order valence-electron chi connectivity index (χ4n) is 2.04. The second-order valence-electron chi connectivity index (χ2n) is 5.17. The van der Waals surface area contributed by atoms with Gasteiger partial charge in [0.2, 0.25) is 0 Å². The monoisotopic (exact) mass is 379 g/mol. The minimum atomic E-state index is -1.53. The summed E-state index contributed by atoms with van der Waals surface area (Å²) in [4.78, 5) is 45.3. The van der Waals surface area contributed by atoms with E-state index >= 15 is 0 Å². The summed E-state index contributed by atoms with van der Waals surface area (Å²) >= 11 is 0. The molecule has 10 heteroatoms. The molecule has 0 rings (SSSR count). The lowest BCUT2D eigenvalue weighted by molar-refractivity contribution is -0.197. The van der Waals surface area contributed by atoms with Crippen LogP contribution in [0.2, 0.25) is 0 Å². The Bertz CT molecular complexity index is 523. The van der Waals surface area contributed by atoms with E-state index in [9.17, 15) is 19.2 Å². The van der Waals surface area contributed by atoms with Gasteiger partial charge in [-0.3, -0.25) is 19.2 Å². The van der Waals surface area contributed by atoms with Gasteiger partial charge in [-0.1, -0.05) is 0 Å². The lowest BCUT2D eigenvalue weighted by atomic mass is 10.0. The predicted octanol–water partition coefficient (Wildman–Crippen LogP) is 0.00600. The second kappa shape index (κ2) is 12.2. The van der Waals surface area contributed by atoms with Gasteiger partial charge in [-0.05, 0) is 0 Å². The molecule has 0 aromatic heterocycles. The van der Waals surface area contributed by atoms with Crippen LogP contribution >= 0.6 is 0 Å². The highest BCUT2D eigenvalue weighted by Crippen LogP contribution is 2.19. The van der Waals surface area contributed by atoms with E-state index in [-0.39, 0.29) is 0 Å². The molecule has 26 heavy (non-hydrogen) atoms. The van der Waals surface area contributed by atoms with Crippen LogP contribution in [-0.2, 0) is 47.6 Å². The zero-order valence-electron chi connectivity index (χ0n) is 16.7. The maximum absolute atomic E-state index is 11.6. The lowest BCUT2D eigenvalue weighted by Gasteiger charge is -2.34. The van der Waals surface area contributed by atoms with Gasteiger partial charge in [-0.2, -0.15) is 0 Å². The fraction of sp³-hybridized carbons (Fsp3) is 0.750. The molecule has 0 aliphatic heterocycles. The van der Waals surface area contributed by atoms with Crippen molar-refractivity contribution in [3.8, 4) is 0 Å². The van der Waals surface area contributed by atoms with Crippen molar-refractivity contribution in [3.63, 3.8) is 0 Å². The first kappa shape index (κ1) is 21.8. The Hall–Kier alpha value is -2.20. The topological polar surface area (TPSA) is 124 Å². The van der Waals surface area contributed by atoms with E-state index in [1.165, 1.54) is 14.2 Å². The van der Waals surface area contributed by atoms with Crippen LogP contribution in [0.3, 0.4) is 0 Å². The molecular formula is C16H26O10. The Morgan fingerprint density at radius 2 is 1.27 bits per heavy atom. The largest absolute Gasteiger partial charge is 0.463 e. The van der Waals surface area contributed by atoms with E-state index in [4.69, 9.17) is 29.8 Å². The van der Waals surface area contributed by atoms with Gasteiger partial charge in [0.1, 0.15) is 25.4 Å². The minimum absolute atomic E-state index is 0.431. The summed E-state index contributed by atoms with van der Waals surface area (Å²) in [5, 5.41) is 0. The van der Waals surface area contributed by atoms with Gasteiger partial charge in [0.25, 0.3) is 0 Å². The number of ether oxygens (including phenoxy) is 6. The summed E-state index contributed by atoms with van der Waals surface area (Å²) in [6.07, 6.45) is -4.97. The number of esters is 4. The minimum Gasteiger partial charge on any atom is -0.463 e. The predicted molar refractivity (Wildman–Crippen MR) is 86.0 cm³/mol. The molecule has 5 atom stereocenters. The third-order valence-electron chi connectivity index (χ3n) is 3.00. The molecule has 0 N–H and O–H groups in total. The van der Waals surface area contributed by atoms with E-state index in [2.05, 4.69) is 0 Å². The number of carbonyl (C=O) groups excluding carboxylic acids is 4. The number of rotatable bonds is 11. The van der Waals surface area contributed by atoms with Crippen LogP contribution in [0.15, 0.2) is 0 Å². The van der Waals surface area contributed by atoms with Crippen LogP contribution in [0.25, 0.3) is 0 Å². The highest BCUT2D eigenvalue weighted by Gasteiger charge is 2.41. The maximum atomic E-state index is 11.6. The van der Waals surface area contributed by atoms with Crippen molar-refractivity contribution in [2.24, 2.45) is 0 Å². The van der Waals surface area contributed by atoms with Gasteiger partial charge >= 0.3 is 23.9 Å². The molecule has 0 aromatic carbocycles. The first-order valence-corrected chi connectivity index (χ1v) is 7.66. The third kappa shape index (κ3) is 9.33. The molecule has 0 aliphatic rings. The standard InChI is InChI=1S/C16H26O10/c1-9(17)23-7-13(21-5)15(22-6)16(26-12(4)20)14(25-11(3)19)8-24-10(2)18/h13-16H,7-8H2,1-6H3/i7D. The van der Waals surface area contributed by atoms with Crippen molar-refractivity contribution in [1.29, 1.82) is 0 Å². The molecule has 0 spiro atoms. The average Bonchev–Trinajstić information content (AvgIpc) is 2.53. The van der Waals surface area contributed by atoms with Gasteiger partial charge in [0.05, 0.1) is 1.37 Å². The normalized spacial score (nSPS) is 16.9. The molecule has 5 unspecified atom stereocenters. The number of methoxy groups -OCH3 is 2. The maximum Gasteiger partial charge on any atom is 0.303 e. The summed E-state index contributed by atoms with van der Waals surface area (Å²) in [6, 6.07) is 0. The number of hydrogen-bond donors (Lipinski definition) is 0. The quantitative estimate of drug-likeness (QED) is 0.358. The Kier molecular flexibility index (Phi) is 10.3. The van der Waals surface area contributed by atoms with Gasteiger partial charge in [-0.25, -0.2) is 0 Å². The van der Waals surface area contributed by atoms with Gasteiger partial charge < -0.3 is 28.4 Å². The molecule has 150 valence electrons. The van der Waals surface area contributed by atoms with E-state index in [1.807, 2.05) is 0 Å². The van der Waals surface area contributed by atoms with Gasteiger partial charge in [0, 0.05) is 41.9 Å². The van der Waals surface area contributed by atoms with E-state index in [1.54, 1.807) is 0 Å². The zero-order chi connectivity index (χ0) is 21.1. The molecule has 10 nitrogen and oxygen atoms in total. The summed E-state index contributed by atoms with van der Waals surface area (Å²) in [5.74, 6) is -2.85. The van der Waals surface area contributed by atoms with Crippen molar-refractivity contribution in [2.45, 2.75) is 52.1 Å². The molecule has 0 aromatic rings. The number of hydrogen-bond acceptors (Lipinski definition) is 10. The Labute approximate surface area is 153 Å². The van der Waals surface area contributed by atoms with Gasteiger partial charge in [0.15, 0.2) is 12.2 Å². The molecule has 0 fully saturated rings. The second-order valence-corrected chi connectivity index (χ2v) is 5.17. The van der Waals surface area contributed by atoms with Gasteiger partial charge in [-0.15, -0.1) is 0 Å². The molecule has 0 aliphatic carbocycles. The first-order valence-electron chi connectivity index (χ1n) is 8.24. The van der Waals surface area contributed by atoms with Crippen LogP contribution in [0.5, 0.6) is 0 Å². The Morgan fingerprint density at radius 1 is 0.731 bits per heavy atom. The first-order chi connectivity index (χ1) is 12.5. The summed E-state index contributed by atoms with van der Waals surface area (Å²) in [7, 11) is 2.48. The zero-order valence-corrected chi connectivity index (χ0v) is 15.7. The van der Waals surface area contributed by atoms with Crippen molar-refractivity contribution < 1.29 is 49.0 Å². The molecule has 0 heterocycles. The molecule has 0 saturated heterocycles. The van der Waals surface area contributed by atoms with Crippen LogP contribution < -0.4 is 0 Å². The van der Waals surface area contributed by atoms with E-state index in [0.29, 0.717) is 0 Å². The SMILES string of the molecule is [2H]C(OC(C)=O)C(OC)C(OC)C(OC(C)=O)C(COC(C)=O)OC(C)=O. The third-order valence-corrected chi connectivity index (χ3v) is 3.00.